The summed E-state index contributed by atoms with van der Waals surface area (Å²) >= 11 is 3.33. The number of imidazole rings is 1. The summed E-state index contributed by atoms with van der Waals surface area (Å²) in [6.45, 7) is 7.52. The molecule has 0 aromatic carbocycles. The number of hydrogen-bond acceptors (Lipinski definition) is 3. The van der Waals surface area contributed by atoms with E-state index in [9.17, 15) is 4.79 Å². The van der Waals surface area contributed by atoms with Crippen molar-refractivity contribution in [1.29, 1.82) is 0 Å². The van der Waals surface area contributed by atoms with Crippen LogP contribution in [-0.2, 0) is 17.8 Å². The molecule has 0 unspecified atom stereocenters. The van der Waals surface area contributed by atoms with Gasteiger partial charge in [-0.05, 0) is 36.7 Å². The molecule has 2 rings (SSSR count). The molecule has 0 aliphatic carbocycles. The van der Waals surface area contributed by atoms with Crippen molar-refractivity contribution in [2.75, 3.05) is 6.54 Å². The Morgan fingerprint density at radius 3 is 2.82 bits per heavy atom. The highest BCUT2D eigenvalue weighted by Crippen LogP contribution is 2.18. The van der Waals surface area contributed by atoms with Crippen LogP contribution in [0.15, 0.2) is 10.8 Å². The topological polar surface area (TPSA) is 47.4 Å². The summed E-state index contributed by atoms with van der Waals surface area (Å²) in [5.74, 6) is 0.883. The summed E-state index contributed by atoms with van der Waals surface area (Å²) < 4.78 is 8.19. The van der Waals surface area contributed by atoms with E-state index in [1.54, 1.807) is 4.90 Å². The lowest BCUT2D eigenvalue weighted by Gasteiger charge is -2.30. The van der Waals surface area contributed by atoms with Gasteiger partial charge in [-0.15, -0.1) is 0 Å². The zero-order valence-electron chi connectivity index (χ0n) is 10.2. The Bertz CT molecular complexity index is 436. The zero-order valence-corrected chi connectivity index (χ0v) is 11.8. The first kappa shape index (κ1) is 12.4. The first-order valence-corrected chi connectivity index (χ1v) is 6.34. The number of nitrogens with zero attached hydrogens (tertiary/aromatic N) is 3. The van der Waals surface area contributed by atoms with Gasteiger partial charge in [-0.1, -0.05) is 0 Å². The molecule has 1 aromatic heterocycles. The van der Waals surface area contributed by atoms with Gasteiger partial charge in [0.15, 0.2) is 0 Å². The third-order valence-electron chi connectivity index (χ3n) is 2.42. The van der Waals surface area contributed by atoms with E-state index in [1.807, 2.05) is 31.5 Å². The van der Waals surface area contributed by atoms with E-state index >= 15 is 0 Å². The first-order valence-electron chi connectivity index (χ1n) is 5.54. The number of hydrogen-bond donors (Lipinski definition) is 0. The van der Waals surface area contributed by atoms with Gasteiger partial charge >= 0.3 is 6.09 Å². The standard InChI is InChI=1S/C11H16BrN3O2/c1-11(2,3)17-10(16)15-5-4-14-6-8(12)13-9(14)7-15/h6H,4-5,7H2,1-3H3. The van der Waals surface area contributed by atoms with Gasteiger partial charge in [0.25, 0.3) is 0 Å². The van der Waals surface area contributed by atoms with E-state index < -0.39 is 5.60 Å². The van der Waals surface area contributed by atoms with Crippen molar-refractivity contribution < 1.29 is 9.53 Å². The number of carbonyl (C=O) groups is 1. The van der Waals surface area contributed by atoms with Gasteiger partial charge in [0.05, 0.1) is 6.54 Å². The lowest BCUT2D eigenvalue weighted by molar-refractivity contribution is 0.0195. The van der Waals surface area contributed by atoms with Crippen LogP contribution < -0.4 is 0 Å². The molecule has 17 heavy (non-hydrogen) atoms. The predicted molar refractivity (Wildman–Crippen MR) is 66.6 cm³/mol. The van der Waals surface area contributed by atoms with E-state index in [0.29, 0.717) is 13.1 Å². The van der Waals surface area contributed by atoms with E-state index in [-0.39, 0.29) is 6.09 Å². The Labute approximate surface area is 109 Å². The van der Waals surface area contributed by atoms with E-state index in [2.05, 4.69) is 20.9 Å². The molecule has 0 radical (unpaired) electrons. The molecule has 0 saturated carbocycles. The average molecular weight is 302 g/mol. The van der Waals surface area contributed by atoms with Crippen molar-refractivity contribution in [3.05, 3.63) is 16.6 Å². The van der Waals surface area contributed by atoms with Crippen molar-refractivity contribution in [3.8, 4) is 0 Å². The molecule has 1 aliphatic heterocycles. The van der Waals surface area contributed by atoms with E-state index in [4.69, 9.17) is 4.74 Å². The summed E-state index contributed by atoms with van der Waals surface area (Å²) in [5.41, 5.74) is -0.454. The minimum Gasteiger partial charge on any atom is -0.444 e. The third-order valence-corrected chi connectivity index (χ3v) is 2.81. The minimum atomic E-state index is -0.454. The fraction of sp³-hybridized carbons (Fsp3) is 0.636. The lowest BCUT2D eigenvalue weighted by atomic mass is 10.2. The van der Waals surface area contributed by atoms with Gasteiger partial charge < -0.3 is 9.30 Å². The van der Waals surface area contributed by atoms with Crippen LogP contribution in [0.25, 0.3) is 0 Å². The zero-order chi connectivity index (χ0) is 12.6. The van der Waals surface area contributed by atoms with Gasteiger partial charge in [0.2, 0.25) is 0 Å². The highest BCUT2D eigenvalue weighted by Gasteiger charge is 2.26. The number of carbonyl (C=O) groups excluding carboxylic acids is 1. The maximum Gasteiger partial charge on any atom is 0.410 e. The molecule has 0 N–H and O–H groups in total. The Morgan fingerprint density at radius 2 is 2.18 bits per heavy atom. The van der Waals surface area contributed by atoms with Gasteiger partial charge in [0, 0.05) is 19.3 Å². The number of ether oxygens (including phenoxy) is 1. The normalized spacial score (nSPS) is 15.6. The monoisotopic (exact) mass is 301 g/mol. The SMILES string of the molecule is CC(C)(C)OC(=O)N1CCn2cc(Br)nc2C1. The molecule has 0 bridgehead atoms. The smallest absolute Gasteiger partial charge is 0.410 e. The molecule has 1 amide bonds. The van der Waals surface area contributed by atoms with Crippen LogP contribution in [0.5, 0.6) is 0 Å². The van der Waals surface area contributed by atoms with Crippen LogP contribution in [-0.4, -0.2) is 32.7 Å². The number of amides is 1. The van der Waals surface area contributed by atoms with Crippen molar-refractivity contribution in [1.82, 2.24) is 14.5 Å². The molecule has 0 atom stereocenters. The second-order valence-corrected chi connectivity index (χ2v) is 5.89. The lowest BCUT2D eigenvalue weighted by Crippen LogP contribution is -2.41. The molecule has 0 spiro atoms. The Hall–Kier alpha value is -1.04. The number of rotatable bonds is 0. The van der Waals surface area contributed by atoms with Gasteiger partial charge in [0.1, 0.15) is 16.0 Å². The first-order chi connectivity index (χ1) is 7.85. The summed E-state index contributed by atoms with van der Waals surface area (Å²) in [7, 11) is 0. The Morgan fingerprint density at radius 1 is 1.47 bits per heavy atom. The van der Waals surface area contributed by atoms with Crippen LogP contribution in [0, 0.1) is 0 Å². The van der Waals surface area contributed by atoms with Crippen LogP contribution in [0.1, 0.15) is 26.6 Å². The quantitative estimate of drug-likeness (QED) is 0.739. The van der Waals surface area contributed by atoms with Gasteiger partial charge in [-0.25, -0.2) is 9.78 Å². The van der Waals surface area contributed by atoms with Crippen molar-refractivity contribution in [3.63, 3.8) is 0 Å². The highest BCUT2D eigenvalue weighted by atomic mass is 79.9. The predicted octanol–water partition coefficient (Wildman–Crippen LogP) is 2.40. The van der Waals surface area contributed by atoms with Crippen LogP contribution in [0.2, 0.25) is 0 Å². The maximum atomic E-state index is 11.9. The van der Waals surface area contributed by atoms with Gasteiger partial charge in [-0.3, -0.25) is 4.90 Å². The average Bonchev–Trinajstić information content (AvgIpc) is 2.53. The van der Waals surface area contributed by atoms with Crippen LogP contribution >= 0.6 is 15.9 Å². The maximum absolute atomic E-state index is 11.9. The number of fused-ring (bicyclic) bond motifs is 1. The van der Waals surface area contributed by atoms with E-state index in [0.717, 1.165) is 17.0 Å². The second-order valence-electron chi connectivity index (χ2n) is 5.08. The van der Waals surface area contributed by atoms with Crippen molar-refractivity contribution in [2.45, 2.75) is 39.5 Å². The van der Waals surface area contributed by atoms with Crippen LogP contribution in [0.4, 0.5) is 4.79 Å². The number of aromatic nitrogens is 2. The summed E-state index contributed by atoms with van der Waals surface area (Å²) in [6.07, 6.45) is 1.66. The third kappa shape index (κ3) is 3.00. The molecular weight excluding hydrogens is 286 g/mol. The summed E-state index contributed by atoms with van der Waals surface area (Å²) in [5, 5.41) is 0. The molecule has 94 valence electrons. The number of halogens is 1. The van der Waals surface area contributed by atoms with Crippen molar-refractivity contribution in [2.24, 2.45) is 0 Å². The molecular formula is C11H16BrN3O2. The molecule has 1 aliphatic rings. The van der Waals surface area contributed by atoms with E-state index in [1.165, 1.54) is 0 Å². The largest absolute Gasteiger partial charge is 0.444 e. The van der Waals surface area contributed by atoms with Crippen LogP contribution in [0.3, 0.4) is 0 Å². The second kappa shape index (κ2) is 4.33. The molecule has 0 saturated heterocycles. The Kier molecular flexibility index (Phi) is 3.16. The molecule has 2 heterocycles. The molecule has 6 heteroatoms. The Balaban J connectivity index is 2.05. The molecule has 1 aromatic rings. The van der Waals surface area contributed by atoms with Crippen molar-refractivity contribution >= 4 is 22.0 Å². The minimum absolute atomic E-state index is 0.275. The molecule has 0 fully saturated rings. The molecule has 5 nitrogen and oxygen atoms in total. The fourth-order valence-corrected chi connectivity index (χ4v) is 2.15. The highest BCUT2D eigenvalue weighted by molar-refractivity contribution is 9.10. The summed E-state index contributed by atoms with van der Waals surface area (Å²) in [6, 6.07) is 0. The summed E-state index contributed by atoms with van der Waals surface area (Å²) in [4.78, 5) is 17.9. The van der Waals surface area contributed by atoms with Gasteiger partial charge in [-0.2, -0.15) is 0 Å². The fourth-order valence-electron chi connectivity index (χ4n) is 1.70.